The average Bonchev–Trinajstić information content (AvgIpc) is 3.23. The number of aromatic nitrogens is 5. The Hall–Kier alpha value is -3.33. The van der Waals surface area contributed by atoms with Crippen LogP contribution in [0.3, 0.4) is 0 Å². The Morgan fingerprint density at radius 2 is 1.69 bits per heavy atom. The summed E-state index contributed by atoms with van der Waals surface area (Å²) in [5.74, 6) is 1.31. The monoisotopic (exact) mass is 448 g/mol. The van der Waals surface area contributed by atoms with Crippen LogP contribution < -0.4 is 4.90 Å². The van der Waals surface area contributed by atoms with E-state index in [2.05, 4.69) is 35.0 Å². The first-order valence-electron chi connectivity index (χ1n) is 10.6. The third-order valence-corrected chi connectivity index (χ3v) is 7.40. The second kappa shape index (κ2) is 7.98. The van der Waals surface area contributed by atoms with Crippen LogP contribution in [0.1, 0.15) is 25.5 Å². The van der Waals surface area contributed by atoms with E-state index in [1.54, 1.807) is 6.20 Å². The largest absolute Gasteiger partial charge is 0.354 e. The lowest BCUT2D eigenvalue weighted by Gasteiger charge is -2.28. The predicted octanol–water partition coefficient (Wildman–Crippen LogP) is 3.21. The van der Waals surface area contributed by atoms with Crippen molar-refractivity contribution in [1.82, 2.24) is 24.6 Å². The Morgan fingerprint density at radius 3 is 2.41 bits per heavy atom. The molecule has 1 aliphatic rings. The predicted molar refractivity (Wildman–Crippen MR) is 124 cm³/mol. The van der Waals surface area contributed by atoms with E-state index >= 15 is 0 Å². The first kappa shape index (κ1) is 20.6. The van der Waals surface area contributed by atoms with Crippen molar-refractivity contribution in [3.8, 4) is 22.3 Å². The van der Waals surface area contributed by atoms with Gasteiger partial charge in [0.2, 0.25) is 0 Å². The number of fused-ring (bicyclic) bond motifs is 1. The molecule has 0 unspecified atom stereocenters. The van der Waals surface area contributed by atoms with E-state index < -0.39 is 9.84 Å². The standard InChI is InChI=1S/C23H24N6O2S/c1-16(2)21-11-22(28-6-8-32(30,31)9-7-28)27-23-20(15-26-29(21)23)19-10-18(13-25-14-19)17-4-3-5-24-12-17/h3-5,10-16H,6-9H2,1-2H3. The van der Waals surface area contributed by atoms with Gasteiger partial charge in [-0.15, -0.1) is 0 Å². The van der Waals surface area contributed by atoms with Crippen LogP contribution in [0.5, 0.6) is 0 Å². The summed E-state index contributed by atoms with van der Waals surface area (Å²) in [6.45, 7) is 5.13. The van der Waals surface area contributed by atoms with Crippen LogP contribution in [-0.4, -0.2) is 57.6 Å². The van der Waals surface area contributed by atoms with Gasteiger partial charge in [-0.1, -0.05) is 19.9 Å². The summed E-state index contributed by atoms with van der Waals surface area (Å²) in [5, 5.41) is 4.63. The Bertz CT molecular complexity index is 1370. The average molecular weight is 449 g/mol. The molecule has 4 aromatic rings. The first-order chi connectivity index (χ1) is 15.4. The summed E-state index contributed by atoms with van der Waals surface area (Å²) in [6, 6.07) is 8.00. The molecule has 0 amide bonds. The quantitative estimate of drug-likeness (QED) is 0.473. The van der Waals surface area contributed by atoms with Crippen molar-refractivity contribution in [1.29, 1.82) is 0 Å². The highest BCUT2D eigenvalue weighted by Crippen LogP contribution is 2.31. The third-order valence-electron chi connectivity index (χ3n) is 5.79. The molecule has 5 heterocycles. The van der Waals surface area contributed by atoms with Gasteiger partial charge in [0, 0.05) is 66.2 Å². The molecule has 8 nitrogen and oxygen atoms in total. The minimum atomic E-state index is -2.96. The molecule has 5 rings (SSSR count). The number of rotatable bonds is 4. The molecule has 0 radical (unpaired) electrons. The fourth-order valence-corrected chi connectivity index (χ4v) is 5.17. The van der Waals surface area contributed by atoms with Gasteiger partial charge in [-0.3, -0.25) is 9.97 Å². The molecular weight excluding hydrogens is 424 g/mol. The van der Waals surface area contributed by atoms with Gasteiger partial charge in [0.05, 0.1) is 23.4 Å². The zero-order valence-corrected chi connectivity index (χ0v) is 18.8. The molecule has 1 fully saturated rings. The maximum absolute atomic E-state index is 11.9. The molecule has 0 spiro atoms. The maximum Gasteiger partial charge on any atom is 0.165 e. The van der Waals surface area contributed by atoms with Crippen molar-refractivity contribution < 1.29 is 8.42 Å². The van der Waals surface area contributed by atoms with Crippen LogP contribution in [0, 0.1) is 0 Å². The smallest absolute Gasteiger partial charge is 0.165 e. The van der Waals surface area contributed by atoms with Crippen LogP contribution >= 0.6 is 0 Å². The molecule has 0 atom stereocenters. The molecule has 4 aromatic heterocycles. The van der Waals surface area contributed by atoms with Gasteiger partial charge in [0.15, 0.2) is 15.5 Å². The molecule has 32 heavy (non-hydrogen) atoms. The fourth-order valence-electron chi connectivity index (χ4n) is 3.97. The second-order valence-electron chi connectivity index (χ2n) is 8.33. The van der Waals surface area contributed by atoms with Crippen LogP contribution in [0.15, 0.2) is 55.2 Å². The van der Waals surface area contributed by atoms with Crippen LogP contribution in [0.25, 0.3) is 27.9 Å². The Morgan fingerprint density at radius 1 is 0.938 bits per heavy atom. The molecule has 0 saturated carbocycles. The van der Waals surface area contributed by atoms with Crippen LogP contribution in [-0.2, 0) is 9.84 Å². The van der Waals surface area contributed by atoms with E-state index in [0.29, 0.717) is 13.1 Å². The van der Waals surface area contributed by atoms with E-state index in [-0.39, 0.29) is 17.4 Å². The Kier molecular flexibility index (Phi) is 5.13. The summed E-state index contributed by atoms with van der Waals surface area (Å²) in [6.07, 6.45) is 9.01. The highest BCUT2D eigenvalue weighted by atomic mass is 32.2. The van der Waals surface area contributed by atoms with Crippen molar-refractivity contribution in [2.24, 2.45) is 0 Å². The van der Waals surface area contributed by atoms with Crippen molar-refractivity contribution in [3.05, 3.63) is 60.9 Å². The molecule has 1 aliphatic heterocycles. The van der Waals surface area contributed by atoms with Crippen molar-refractivity contribution in [3.63, 3.8) is 0 Å². The van der Waals surface area contributed by atoms with Gasteiger partial charge >= 0.3 is 0 Å². The van der Waals surface area contributed by atoms with Gasteiger partial charge in [-0.25, -0.2) is 17.9 Å². The maximum atomic E-state index is 11.9. The van der Waals surface area contributed by atoms with E-state index in [4.69, 9.17) is 4.98 Å². The molecule has 0 N–H and O–H groups in total. The van der Waals surface area contributed by atoms with Crippen LogP contribution in [0.2, 0.25) is 0 Å². The summed E-state index contributed by atoms with van der Waals surface area (Å²) < 4.78 is 25.7. The zero-order chi connectivity index (χ0) is 22.3. The fraction of sp³-hybridized carbons (Fsp3) is 0.304. The highest BCUT2D eigenvalue weighted by molar-refractivity contribution is 7.91. The van der Waals surface area contributed by atoms with Gasteiger partial charge in [-0.2, -0.15) is 5.10 Å². The zero-order valence-electron chi connectivity index (χ0n) is 18.0. The molecule has 0 aliphatic carbocycles. The van der Waals surface area contributed by atoms with Gasteiger partial charge in [0.1, 0.15) is 5.82 Å². The lowest BCUT2D eigenvalue weighted by atomic mass is 10.0. The molecule has 0 aromatic carbocycles. The van der Waals surface area contributed by atoms with Gasteiger partial charge in [0.25, 0.3) is 0 Å². The third kappa shape index (κ3) is 3.84. The van der Waals surface area contributed by atoms with Gasteiger partial charge in [-0.05, 0) is 18.1 Å². The lowest BCUT2D eigenvalue weighted by Crippen LogP contribution is -2.40. The van der Waals surface area contributed by atoms with Crippen molar-refractivity contribution in [2.75, 3.05) is 29.5 Å². The number of nitrogens with zero attached hydrogens (tertiary/aromatic N) is 6. The number of hydrogen-bond donors (Lipinski definition) is 0. The van der Waals surface area contributed by atoms with Crippen LogP contribution in [0.4, 0.5) is 5.82 Å². The minimum Gasteiger partial charge on any atom is -0.354 e. The van der Waals surface area contributed by atoms with Crippen molar-refractivity contribution >= 4 is 21.3 Å². The molecule has 0 bridgehead atoms. The summed E-state index contributed by atoms with van der Waals surface area (Å²) in [5.41, 5.74) is 5.53. The minimum absolute atomic E-state index is 0.153. The SMILES string of the molecule is CC(C)c1cc(N2CCS(=O)(=O)CC2)nc2c(-c3cncc(-c4cccnc4)c3)cnn12. The number of hydrogen-bond acceptors (Lipinski definition) is 7. The molecule has 164 valence electrons. The van der Waals surface area contributed by atoms with E-state index in [9.17, 15) is 8.42 Å². The Labute approximate surface area is 186 Å². The topological polar surface area (TPSA) is 93.4 Å². The number of pyridine rings is 2. The normalized spacial score (nSPS) is 16.0. The first-order valence-corrected chi connectivity index (χ1v) is 12.4. The Balaban J connectivity index is 1.61. The lowest BCUT2D eigenvalue weighted by molar-refractivity contribution is 0.586. The number of anilines is 1. The summed E-state index contributed by atoms with van der Waals surface area (Å²) in [7, 11) is -2.96. The highest BCUT2D eigenvalue weighted by Gasteiger charge is 2.24. The van der Waals surface area contributed by atoms with Crippen molar-refractivity contribution in [2.45, 2.75) is 19.8 Å². The summed E-state index contributed by atoms with van der Waals surface area (Å²) in [4.78, 5) is 15.6. The second-order valence-corrected chi connectivity index (χ2v) is 10.6. The van der Waals surface area contributed by atoms with E-state index in [0.717, 1.165) is 39.4 Å². The van der Waals surface area contributed by atoms with Gasteiger partial charge < -0.3 is 4.90 Å². The van der Waals surface area contributed by atoms with E-state index in [1.165, 1.54) is 0 Å². The summed E-state index contributed by atoms with van der Waals surface area (Å²) >= 11 is 0. The molecule has 9 heteroatoms. The van der Waals surface area contributed by atoms with E-state index in [1.807, 2.05) is 52.4 Å². The molecule has 1 saturated heterocycles. The molecular formula is C23H24N6O2S. The number of sulfone groups is 1.